The first-order chi connectivity index (χ1) is 23.1. The summed E-state index contributed by atoms with van der Waals surface area (Å²) in [6.45, 7) is 12.6. The zero-order chi connectivity index (χ0) is 36.4. The fourth-order valence-corrected chi connectivity index (χ4v) is 8.30. The number of Topliss-reactive ketones (excluding diaryl/α,β-unsaturated/α-hetero) is 1. The van der Waals surface area contributed by atoms with Crippen molar-refractivity contribution in [3.8, 4) is 0 Å². The topological polar surface area (TPSA) is 177 Å². The molecule has 0 aromatic rings. The van der Waals surface area contributed by atoms with E-state index in [1.165, 1.54) is 19.6 Å². The maximum atomic E-state index is 14.3. The highest BCUT2D eigenvalue weighted by molar-refractivity contribution is 7.86. The van der Waals surface area contributed by atoms with Crippen LogP contribution in [-0.4, -0.2) is 115 Å². The quantitative estimate of drug-likeness (QED) is 0.149. The van der Waals surface area contributed by atoms with Crippen molar-refractivity contribution >= 4 is 39.7 Å². The van der Waals surface area contributed by atoms with Gasteiger partial charge in [-0.2, -0.15) is 17.0 Å². The van der Waals surface area contributed by atoms with Crippen LogP contribution in [0.2, 0.25) is 0 Å². The number of hydrogen-bond acceptors (Lipinski definition) is 7. The number of carbonyl (C=O) groups is 5. The average Bonchev–Trinajstić information content (AvgIpc) is 3.56. The van der Waals surface area contributed by atoms with E-state index in [0.29, 0.717) is 51.7 Å². The van der Waals surface area contributed by atoms with Gasteiger partial charge in [-0.3, -0.25) is 19.2 Å². The van der Waals surface area contributed by atoms with Crippen LogP contribution in [0.25, 0.3) is 0 Å². The maximum absolute atomic E-state index is 14.3. The molecule has 0 radical (unpaired) electrons. The Morgan fingerprint density at radius 3 is 2.24 bits per heavy atom. The summed E-state index contributed by atoms with van der Waals surface area (Å²) in [7, 11) is -2.11. The van der Waals surface area contributed by atoms with Crippen LogP contribution in [0.15, 0.2) is 12.7 Å². The van der Waals surface area contributed by atoms with Crippen LogP contribution in [0.3, 0.4) is 0 Å². The van der Waals surface area contributed by atoms with E-state index in [0.717, 1.165) is 38.5 Å². The molecule has 3 fully saturated rings. The Kier molecular flexibility index (Phi) is 15.1. The number of amides is 5. The Balaban J connectivity index is 1.78. The van der Waals surface area contributed by atoms with Crippen LogP contribution in [0.1, 0.15) is 98.3 Å². The molecule has 0 bridgehead atoms. The van der Waals surface area contributed by atoms with Crippen LogP contribution in [0.5, 0.6) is 0 Å². The van der Waals surface area contributed by atoms with E-state index in [2.05, 4.69) is 27.8 Å². The van der Waals surface area contributed by atoms with Gasteiger partial charge in [0.15, 0.2) is 0 Å². The highest BCUT2D eigenvalue weighted by Gasteiger charge is 2.43. The van der Waals surface area contributed by atoms with Gasteiger partial charge < -0.3 is 26.2 Å². The zero-order valence-electron chi connectivity index (χ0n) is 30.1. The Morgan fingerprint density at radius 2 is 1.61 bits per heavy atom. The van der Waals surface area contributed by atoms with Crippen molar-refractivity contribution in [3.05, 3.63) is 12.7 Å². The first-order valence-electron chi connectivity index (χ1n) is 17.9. The van der Waals surface area contributed by atoms with Crippen molar-refractivity contribution in [2.24, 2.45) is 11.3 Å². The Hall–Kier alpha value is -3.04. The van der Waals surface area contributed by atoms with Crippen LogP contribution in [0.4, 0.5) is 4.79 Å². The maximum Gasteiger partial charge on any atom is 0.315 e. The van der Waals surface area contributed by atoms with E-state index < -0.39 is 63.4 Å². The van der Waals surface area contributed by atoms with Gasteiger partial charge in [-0.15, -0.1) is 6.58 Å². The molecular weight excluding hydrogens is 650 g/mol. The Bertz CT molecular complexity index is 1300. The fourth-order valence-electron chi connectivity index (χ4n) is 6.85. The minimum absolute atomic E-state index is 0.0868. The van der Waals surface area contributed by atoms with E-state index in [1.807, 2.05) is 27.7 Å². The third-order valence-electron chi connectivity index (χ3n) is 9.96. The highest BCUT2D eigenvalue weighted by atomic mass is 32.2. The molecule has 3 aliphatic rings. The van der Waals surface area contributed by atoms with Crippen LogP contribution in [0, 0.1) is 11.3 Å². The summed E-state index contributed by atoms with van der Waals surface area (Å²) in [5, 5.41) is 11.2. The number of hydrogen-bond donors (Lipinski definition) is 4. The lowest BCUT2D eigenvalue weighted by Gasteiger charge is -2.39. The smallest absolute Gasteiger partial charge is 0.315 e. The molecule has 4 N–H and O–H groups in total. The predicted molar refractivity (Wildman–Crippen MR) is 187 cm³/mol. The number of nitrogens with zero attached hydrogens (tertiary/aromatic N) is 3. The van der Waals surface area contributed by atoms with Crippen molar-refractivity contribution in [1.82, 2.24) is 34.8 Å². The normalized spacial score (nSPS) is 22.4. The molecule has 0 aromatic heterocycles. The van der Waals surface area contributed by atoms with Crippen molar-refractivity contribution in [3.63, 3.8) is 0 Å². The predicted octanol–water partition coefficient (Wildman–Crippen LogP) is 2.07. The highest BCUT2D eigenvalue weighted by Crippen LogP contribution is 2.30. The lowest BCUT2D eigenvalue weighted by Crippen LogP contribution is -2.61. The van der Waals surface area contributed by atoms with Gasteiger partial charge in [0.2, 0.25) is 17.6 Å². The molecule has 278 valence electrons. The third-order valence-corrected chi connectivity index (χ3v) is 11.9. The van der Waals surface area contributed by atoms with Crippen molar-refractivity contribution < 1.29 is 32.4 Å². The van der Waals surface area contributed by atoms with Crippen LogP contribution < -0.4 is 21.3 Å². The monoisotopic (exact) mass is 709 g/mol. The first kappa shape index (κ1) is 40.4. The zero-order valence-corrected chi connectivity index (χ0v) is 30.9. The standard InChI is InChI=1S/C34H59N7O7S/c1-7-9-17-25(29(42)31(44)35-19-8-2)36-30(43)26-18-13-22-41(26)32(45)28(24-15-11-10-12-16-24)38-33(46)37-27(34(3,4)5)23-40-21-14-20-39(6)49(40,47)48/h8,24-28H,2,7,9-23H2,1,3-6H3,(H,35,44)(H,36,43)(H2,37,38,46)/t25?,26-,27+,28-/m0/s1. The molecule has 1 saturated carbocycles. The second-order valence-corrected chi connectivity index (χ2v) is 16.7. The largest absolute Gasteiger partial charge is 0.346 e. The Morgan fingerprint density at radius 1 is 0.918 bits per heavy atom. The van der Waals surface area contributed by atoms with Crippen molar-refractivity contribution in [1.29, 1.82) is 0 Å². The van der Waals surface area contributed by atoms with Gasteiger partial charge in [-0.05, 0) is 49.9 Å². The second kappa shape index (κ2) is 18.3. The summed E-state index contributed by atoms with van der Waals surface area (Å²) in [6, 6.07) is -3.88. The molecule has 0 spiro atoms. The van der Waals surface area contributed by atoms with E-state index in [1.54, 1.807) is 7.05 Å². The van der Waals surface area contributed by atoms with E-state index >= 15 is 0 Å². The molecule has 2 saturated heterocycles. The number of nitrogens with one attached hydrogen (secondary N) is 4. The minimum Gasteiger partial charge on any atom is -0.346 e. The van der Waals surface area contributed by atoms with E-state index in [-0.39, 0.29) is 24.9 Å². The van der Waals surface area contributed by atoms with Crippen molar-refractivity contribution in [2.45, 2.75) is 122 Å². The van der Waals surface area contributed by atoms with Gasteiger partial charge in [0.05, 0.1) is 6.04 Å². The number of rotatable bonds is 15. The molecule has 1 unspecified atom stereocenters. The molecule has 0 aromatic carbocycles. The van der Waals surface area contributed by atoms with E-state index in [4.69, 9.17) is 0 Å². The molecule has 2 aliphatic heterocycles. The number of urea groups is 1. The van der Waals surface area contributed by atoms with Gasteiger partial charge in [0.1, 0.15) is 12.1 Å². The van der Waals surface area contributed by atoms with E-state index in [9.17, 15) is 32.4 Å². The van der Waals surface area contributed by atoms with Crippen LogP contribution >= 0.6 is 0 Å². The van der Waals surface area contributed by atoms with Gasteiger partial charge in [0, 0.05) is 45.8 Å². The summed E-state index contributed by atoms with van der Waals surface area (Å²) < 4.78 is 28.7. The minimum atomic E-state index is -3.65. The first-order valence-corrected chi connectivity index (χ1v) is 19.3. The van der Waals surface area contributed by atoms with Gasteiger partial charge in [-0.1, -0.05) is 65.9 Å². The summed E-state index contributed by atoms with van der Waals surface area (Å²) in [5.41, 5.74) is -0.500. The molecule has 14 nitrogen and oxygen atoms in total. The molecule has 2 heterocycles. The molecule has 1 aliphatic carbocycles. The lowest BCUT2D eigenvalue weighted by atomic mass is 9.83. The number of ketones is 1. The average molecular weight is 710 g/mol. The summed E-state index contributed by atoms with van der Waals surface area (Å²) >= 11 is 0. The van der Waals surface area contributed by atoms with Gasteiger partial charge in [-0.25, -0.2) is 4.79 Å². The molecule has 49 heavy (non-hydrogen) atoms. The molecule has 4 atom stereocenters. The summed E-state index contributed by atoms with van der Waals surface area (Å²) in [5.74, 6) is -2.52. The van der Waals surface area contributed by atoms with Gasteiger partial charge >= 0.3 is 6.03 Å². The molecular formula is C34H59N7O7S. The molecule has 15 heteroatoms. The fraction of sp³-hybridized carbons (Fsp3) is 0.794. The third kappa shape index (κ3) is 11.0. The number of likely N-dealkylation sites (tertiary alicyclic amines) is 1. The van der Waals surface area contributed by atoms with Crippen LogP contribution in [-0.2, 0) is 29.4 Å². The summed E-state index contributed by atoms with van der Waals surface area (Å²) in [4.78, 5) is 68.5. The SMILES string of the molecule is C=CCNC(=O)C(=O)C(CCCC)NC(=O)[C@@H]1CCCN1C(=O)[C@@H](NC(=O)N[C@H](CN1CCCN(C)S1(=O)=O)C(C)(C)C)C1CCCCC1. The number of carbonyl (C=O) groups excluding carboxylic acids is 5. The Labute approximate surface area is 292 Å². The number of unbranched alkanes of at least 4 members (excludes halogenated alkanes) is 1. The lowest BCUT2D eigenvalue weighted by molar-refractivity contribution is -0.143. The van der Waals surface area contributed by atoms with Crippen molar-refractivity contribution in [2.75, 3.05) is 39.8 Å². The molecule has 3 rings (SSSR count). The summed E-state index contributed by atoms with van der Waals surface area (Å²) in [6.07, 6.45) is 9.15. The molecule has 5 amide bonds. The second-order valence-electron chi connectivity index (χ2n) is 14.7. The van der Waals surface area contributed by atoms with Gasteiger partial charge in [0.25, 0.3) is 16.1 Å².